The molecule has 0 saturated heterocycles. The van der Waals surface area contributed by atoms with E-state index in [9.17, 15) is 4.79 Å². The normalized spacial score (nSPS) is 18.0. The molecule has 0 N–H and O–H groups in total. The van der Waals surface area contributed by atoms with Gasteiger partial charge < -0.3 is 14.4 Å². The Morgan fingerprint density at radius 1 is 0.878 bits per heavy atom. The number of hydrogen-bond donors (Lipinski definition) is 0. The first kappa shape index (κ1) is 26.8. The summed E-state index contributed by atoms with van der Waals surface area (Å²) in [6.45, 7) is 10.5. The van der Waals surface area contributed by atoms with E-state index in [0.29, 0.717) is 19.6 Å². The lowest BCUT2D eigenvalue weighted by atomic mass is 9.78. The molecular weight excluding hydrogens is 508 g/mol. The third-order valence-electron chi connectivity index (χ3n) is 8.98. The van der Waals surface area contributed by atoms with Crippen molar-refractivity contribution in [3.05, 3.63) is 102 Å². The third-order valence-corrected chi connectivity index (χ3v) is 8.98. The zero-order valence-electron chi connectivity index (χ0n) is 24.7. The molecule has 5 heteroatoms. The Bertz CT molecular complexity index is 1790. The molecule has 0 atom stereocenters. The van der Waals surface area contributed by atoms with Crippen LogP contribution in [-0.4, -0.2) is 44.1 Å². The van der Waals surface area contributed by atoms with E-state index in [-0.39, 0.29) is 10.8 Å². The highest BCUT2D eigenvalue weighted by Crippen LogP contribution is 2.50. The minimum Gasteiger partial charge on any atom is -0.497 e. The van der Waals surface area contributed by atoms with Gasteiger partial charge in [-0.3, -0.25) is 4.79 Å². The van der Waals surface area contributed by atoms with Gasteiger partial charge in [-0.05, 0) is 65.9 Å². The van der Waals surface area contributed by atoms with Crippen LogP contribution in [0.25, 0.3) is 21.5 Å². The van der Waals surface area contributed by atoms with Gasteiger partial charge in [0.05, 0.1) is 24.5 Å². The maximum absolute atomic E-state index is 10.9. The Balaban J connectivity index is 1.46. The lowest BCUT2D eigenvalue weighted by Gasteiger charge is -2.26. The van der Waals surface area contributed by atoms with Crippen molar-refractivity contribution in [2.75, 3.05) is 32.2 Å². The van der Waals surface area contributed by atoms with E-state index in [0.717, 1.165) is 17.1 Å². The maximum atomic E-state index is 10.9. The van der Waals surface area contributed by atoms with Gasteiger partial charge in [-0.25, -0.2) is 0 Å². The van der Waals surface area contributed by atoms with Gasteiger partial charge in [-0.2, -0.15) is 4.58 Å². The van der Waals surface area contributed by atoms with Crippen LogP contribution in [0.3, 0.4) is 0 Å². The van der Waals surface area contributed by atoms with E-state index in [1.807, 2.05) is 6.07 Å². The van der Waals surface area contributed by atoms with Crippen molar-refractivity contribution in [2.45, 2.75) is 38.5 Å². The number of rotatable bonds is 7. The fourth-order valence-corrected chi connectivity index (χ4v) is 7.04. The number of hydrogen-bond acceptors (Lipinski definition) is 4. The quantitative estimate of drug-likeness (QED) is 0.105. The number of anilines is 1. The van der Waals surface area contributed by atoms with Crippen LogP contribution in [0.1, 0.15) is 38.8 Å². The number of nitrogens with zero attached hydrogens (tertiary/aromatic N) is 2. The van der Waals surface area contributed by atoms with E-state index in [1.165, 1.54) is 44.1 Å². The summed E-state index contributed by atoms with van der Waals surface area (Å²) in [4.78, 5) is 13.2. The lowest BCUT2D eigenvalue weighted by molar-refractivity contribution is -0.399. The van der Waals surface area contributed by atoms with Gasteiger partial charge in [0, 0.05) is 28.4 Å². The summed E-state index contributed by atoms with van der Waals surface area (Å²) >= 11 is 0. The van der Waals surface area contributed by atoms with Gasteiger partial charge in [0.1, 0.15) is 19.4 Å². The highest BCUT2D eigenvalue weighted by Gasteiger charge is 2.46. The number of ether oxygens (including phenoxy) is 2. The van der Waals surface area contributed by atoms with Crippen molar-refractivity contribution in [1.82, 2.24) is 0 Å². The van der Waals surface area contributed by atoms with Crippen LogP contribution in [0, 0.1) is 0 Å². The van der Waals surface area contributed by atoms with Crippen LogP contribution < -0.4 is 9.64 Å². The molecule has 0 aliphatic carbocycles. The van der Waals surface area contributed by atoms with Crippen molar-refractivity contribution < 1.29 is 18.8 Å². The summed E-state index contributed by atoms with van der Waals surface area (Å²) in [7, 11) is 3.88. The Kier molecular flexibility index (Phi) is 6.49. The van der Waals surface area contributed by atoms with Crippen molar-refractivity contribution >= 4 is 45.1 Å². The predicted octanol–water partition coefficient (Wildman–Crippen LogP) is 7.42. The van der Waals surface area contributed by atoms with Gasteiger partial charge in [0.15, 0.2) is 5.71 Å². The zero-order valence-corrected chi connectivity index (χ0v) is 24.7. The minimum absolute atomic E-state index is 0.193. The molecule has 0 fully saturated rings. The van der Waals surface area contributed by atoms with Gasteiger partial charge in [-0.15, -0.1) is 0 Å². The number of allylic oxidation sites excluding steroid dienone is 4. The fourth-order valence-electron chi connectivity index (χ4n) is 7.04. The van der Waals surface area contributed by atoms with E-state index >= 15 is 0 Å². The minimum atomic E-state index is -0.257. The first-order valence-electron chi connectivity index (χ1n) is 14.2. The summed E-state index contributed by atoms with van der Waals surface area (Å²) < 4.78 is 13.0. The van der Waals surface area contributed by atoms with Gasteiger partial charge in [0.25, 0.3) is 6.47 Å². The Hall–Kier alpha value is -4.38. The predicted molar refractivity (Wildman–Crippen MR) is 168 cm³/mol. The summed E-state index contributed by atoms with van der Waals surface area (Å²) in [5.74, 6) is 0.833. The molecule has 0 bridgehead atoms. The molecule has 2 heterocycles. The molecule has 208 valence electrons. The molecule has 5 nitrogen and oxygen atoms in total. The highest BCUT2D eigenvalue weighted by molar-refractivity contribution is 6.18. The smallest absolute Gasteiger partial charge is 0.293 e. The lowest BCUT2D eigenvalue weighted by Crippen LogP contribution is -2.29. The van der Waals surface area contributed by atoms with Crippen molar-refractivity contribution in [2.24, 2.45) is 0 Å². The van der Waals surface area contributed by atoms with Crippen LogP contribution in [0.15, 0.2) is 90.7 Å². The molecule has 41 heavy (non-hydrogen) atoms. The van der Waals surface area contributed by atoms with Crippen molar-refractivity contribution in [3.8, 4) is 5.75 Å². The molecular formula is C36H37N2O3+. The summed E-state index contributed by atoms with van der Waals surface area (Å²) in [6.07, 6.45) is 6.65. The molecule has 2 aliphatic heterocycles. The Labute approximate surface area is 242 Å². The first-order chi connectivity index (χ1) is 19.7. The molecule has 6 rings (SSSR count). The number of carbonyl (C=O) groups is 1. The highest BCUT2D eigenvalue weighted by atomic mass is 16.5. The van der Waals surface area contributed by atoms with Crippen LogP contribution in [0.5, 0.6) is 5.75 Å². The number of fused-ring (bicyclic) bond motifs is 7. The average molecular weight is 546 g/mol. The number of methoxy groups -OCH3 is 1. The number of carbonyl (C=O) groups excluding carboxylic acids is 1. The second kappa shape index (κ2) is 9.91. The summed E-state index contributed by atoms with van der Waals surface area (Å²) in [5.41, 5.74) is 6.91. The van der Waals surface area contributed by atoms with Crippen LogP contribution in [0.2, 0.25) is 0 Å². The second-order valence-electron chi connectivity index (χ2n) is 11.9. The van der Waals surface area contributed by atoms with Crippen LogP contribution in [-0.2, 0) is 20.4 Å². The fraction of sp³-hybridized carbons (Fsp3) is 0.278. The number of benzene rings is 4. The molecule has 0 spiro atoms. The van der Waals surface area contributed by atoms with Gasteiger partial charge in [0.2, 0.25) is 5.69 Å². The van der Waals surface area contributed by atoms with Crippen molar-refractivity contribution in [1.29, 1.82) is 0 Å². The summed E-state index contributed by atoms with van der Waals surface area (Å²) in [6, 6.07) is 23.7. The van der Waals surface area contributed by atoms with Gasteiger partial charge >= 0.3 is 0 Å². The van der Waals surface area contributed by atoms with Crippen LogP contribution in [0.4, 0.5) is 11.4 Å². The zero-order chi connectivity index (χ0) is 28.9. The monoisotopic (exact) mass is 545 g/mol. The van der Waals surface area contributed by atoms with Crippen molar-refractivity contribution in [3.63, 3.8) is 0 Å². The molecule has 0 amide bonds. The first-order valence-corrected chi connectivity index (χ1v) is 14.2. The van der Waals surface area contributed by atoms with E-state index < -0.39 is 0 Å². The Morgan fingerprint density at radius 3 is 2.22 bits per heavy atom. The van der Waals surface area contributed by atoms with Crippen LogP contribution >= 0.6 is 0 Å². The summed E-state index contributed by atoms with van der Waals surface area (Å²) in [5, 5.41) is 5.17. The Morgan fingerprint density at radius 2 is 1.54 bits per heavy atom. The molecule has 4 aromatic carbocycles. The molecule has 0 aromatic heterocycles. The van der Waals surface area contributed by atoms with E-state index in [2.05, 4.69) is 123 Å². The molecule has 0 radical (unpaired) electrons. The van der Waals surface area contributed by atoms with Gasteiger partial charge in [-0.1, -0.05) is 62.4 Å². The van der Waals surface area contributed by atoms with E-state index in [4.69, 9.17) is 9.47 Å². The molecule has 2 aliphatic rings. The maximum Gasteiger partial charge on any atom is 0.293 e. The SMILES string of the molecule is COc1ccc2c(c1)C(C)(C)/C(=C/C=C/C1=[N+](C)c3c(c4ccccc4c4ccccc34)C1(C)C)N2CCOC=O. The average Bonchev–Trinajstić information content (AvgIpc) is 3.31. The standard InChI is InChI=1S/C36H37N2O3/c1-35(2)29-22-24(40-6)18-19-30(29)38(20-21-41-23-39)32(35)17-11-16-31-36(3,4)33-27-14-9-7-12-25(27)26-13-8-10-15-28(26)34(33)37(31)5/h7-19,22-23H,20-21H2,1-6H3/q+1. The third kappa shape index (κ3) is 4.06. The topological polar surface area (TPSA) is 41.8 Å². The molecule has 0 saturated carbocycles. The molecule has 0 unspecified atom stereocenters. The van der Waals surface area contributed by atoms with E-state index in [1.54, 1.807) is 7.11 Å². The second-order valence-corrected chi connectivity index (χ2v) is 11.9. The largest absolute Gasteiger partial charge is 0.497 e. The molecule has 4 aromatic rings.